The van der Waals surface area contributed by atoms with Crippen LogP contribution >= 0.6 is 0 Å². The Bertz CT molecular complexity index is 460. The van der Waals surface area contributed by atoms with Gasteiger partial charge >= 0.3 is 0 Å². The van der Waals surface area contributed by atoms with Crippen molar-refractivity contribution in [2.75, 3.05) is 39.5 Å². The van der Waals surface area contributed by atoms with Crippen molar-refractivity contribution in [3.63, 3.8) is 0 Å². The van der Waals surface area contributed by atoms with Crippen molar-refractivity contribution in [3.05, 3.63) is 29.6 Å². The summed E-state index contributed by atoms with van der Waals surface area (Å²) < 4.78 is 24.6. The number of hydrogen-bond donors (Lipinski definition) is 1. The van der Waals surface area contributed by atoms with E-state index in [1.807, 2.05) is 6.07 Å². The van der Waals surface area contributed by atoms with E-state index in [-0.39, 0.29) is 5.82 Å². The van der Waals surface area contributed by atoms with E-state index in [9.17, 15) is 4.39 Å². The van der Waals surface area contributed by atoms with Gasteiger partial charge in [-0.25, -0.2) is 4.39 Å². The second-order valence-corrected chi connectivity index (χ2v) is 5.75. The van der Waals surface area contributed by atoms with Crippen LogP contribution < -0.4 is 10.1 Å². The maximum atomic E-state index is 13.6. The number of morpholine rings is 1. The highest BCUT2D eigenvalue weighted by Crippen LogP contribution is 2.21. The molecule has 0 atom stereocenters. The number of benzene rings is 1. The largest absolute Gasteiger partial charge is 0.492 e. The van der Waals surface area contributed by atoms with Crippen molar-refractivity contribution in [1.82, 2.24) is 10.2 Å². The van der Waals surface area contributed by atoms with Gasteiger partial charge in [-0.2, -0.15) is 0 Å². The zero-order chi connectivity index (χ0) is 14.5. The standard InChI is InChI=1S/C16H23FN2O2/c17-14-9-13(12-18-15-1-2-15)10-16(11-14)21-8-5-19-3-6-20-7-4-19/h9-11,15,18H,1-8,12H2. The fourth-order valence-electron chi connectivity index (χ4n) is 2.47. The van der Waals surface area contributed by atoms with Crippen LogP contribution in [0.2, 0.25) is 0 Å². The number of nitrogens with zero attached hydrogens (tertiary/aromatic N) is 1. The van der Waals surface area contributed by atoms with Crippen LogP contribution in [0.4, 0.5) is 4.39 Å². The molecule has 0 spiro atoms. The molecular formula is C16H23FN2O2. The van der Waals surface area contributed by atoms with Gasteiger partial charge in [0, 0.05) is 38.3 Å². The molecule has 3 rings (SSSR count). The molecule has 1 aliphatic carbocycles. The van der Waals surface area contributed by atoms with E-state index in [0.29, 0.717) is 24.9 Å². The first-order valence-electron chi connectivity index (χ1n) is 7.75. The summed E-state index contributed by atoms with van der Waals surface area (Å²) in [4.78, 5) is 2.30. The first-order chi connectivity index (χ1) is 10.3. The van der Waals surface area contributed by atoms with Crippen molar-refractivity contribution >= 4 is 0 Å². The zero-order valence-electron chi connectivity index (χ0n) is 12.3. The molecule has 5 heteroatoms. The van der Waals surface area contributed by atoms with Crippen molar-refractivity contribution < 1.29 is 13.9 Å². The van der Waals surface area contributed by atoms with E-state index in [1.165, 1.54) is 18.9 Å². The number of ether oxygens (including phenoxy) is 2. The Kier molecular flexibility index (Phi) is 5.06. The second kappa shape index (κ2) is 7.20. The Morgan fingerprint density at radius 3 is 2.81 bits per heavy atom. The minimum Gasteiger partial charge on any atom is -0.492 e. The van der Waals surface area contributed by atoms with Gasteiger partial charge in [-0.05, 0) is 30.5 Å². The minimum atomic E-state index is -0.230. The molecule has 0 unspecified atom stereocenters. The summed E-state index contributed by atoms with van der Waals surface area (Å²) in [5.74, 6) is 0.391. The van der Waals surface area contributed by atoms with Gasteiger partial charge in [0.2, 0.25) is 0 Å². The molecule has 2 aliphatic rings. The highest BCUT2D eigenvalue weighted by molar-refractivity contribution is 5.29. The van der Waals surface area contributed by atoms with Crippen molar-refractivity contribution in [2.45, 2.75) is 25.4 Å². The van der Waals surface area contributed by atoms with E-state index in [1.54, 1.807) is 6.07 Å². The van der Waals surface area contributed by atoms with E-state index in [0.717, 1.165) is 38.4 Å². The molecule has 0 amide bonds. The van der Waals surface area contributed by atoms with Crippen LogP contribution in [0, 0.1) is 5.82 Å². The predicted octanol–water partition coefficient (Wildman–Crippen LogP) is 1.79. The predicted molar refractivity (Wildman–Crippen MR) is 79.0 cm³/mol. The molecule has 1 aromatic carbocycles. The fraction of sp³-hybridized carbons (Fsp3) is 0.625. The Morgan fingerprint density at radius 2 is 2.05 bits per heavy atom. The van der Waals surface area contributed by atoms with Gasteiger partial charge < -0.3 is 14.8 Å². The van der Waals surface area contributed by atoms with Gasteiger partial charge in [-0.15, -0.1) is 0 Å². The molecule has 2 fully saturated rings. The second-order valence-electron chi connectivity index (χ2n) is 5.75. The third-order valence-corrected chi connectivity index (χ3v) is 3.88. The topological polar surface area (TPSA) is 33.7 Å². The van der Waals surface area contributed by atoms with Gasteiger partial charge in [0.1, 0.15) is 18.2 Å². The van der Waals surface area contributed by atoms with Crippen molar-refractivity contribution in [3.8, 4) is 5.75 Å². The monoisotopic (exact) mass is 294 g/mol. The van der Waals surface area contributed by atoms with Gasteiger partial charge in [-0.3, -0.25) is 4.90 Å². The summed E-state index contributed by atoms with van der Waals surface area (Å²) in [6.07, 6.45) is 2.47. The highest BCUT2D eigenvalue weighted by atomic mass is 19.1. The average Bonchev–Trinajstić information content (AvgIpc) is 3.30. The summed E-state index contributed by atoms with van der Waals surface area (Å²) in [6.45, 7) is 5.62. The third-order valence-electron chi connectivity index (χ3n) is 3.88. The molecule has 1 saturated heterocycles. The quantitative estimate of drug-likeness (QED) is 0.831. The van der Waals surface area contributed by atoms with Crippen LogP contribution in [-0.2, 0) is 11.3 Å². The van der Waals surface area contributed by atoms with E-state index in [2.05, 4.69) is 10.2 Å². The molecule has 1 N–H and O–H groups in total. The maximum Gasteiger partial charge on any atom is 0.127 e. The SMILES string of the molecule is Fc1cc(CNC2CC2)cc(OCCN2CCOCC2)c1. The van der Waals surface area contributed by atoms with E-state index in [4.69, 9.17) is 9.47 Å². The highest BCUT2D eigenvalue weighted by Gasteiger charge is 2.20. The number of hydrogen-bond acceptors (Lipinski definition) is 4. The Hall–Kier alpha value is -1.17. The molecule has 0 aromatic heterocycles. The summed E-state index contributed by atoms with van der Waals surface area (Å²) in [7, 11) is 0. The Morgan fingerprint density at radius 1 is 1.24 bits per heavy atom. The van der Waals surface area contributed by atoms with Crippen LogP contribution in [0.15, 0.2) is 18.2 Å². The normalized spacial score (nSPS) is 19.7. The number of rotatable bonds is 7. The molecular weight excluding hydrogens is 271 g/mol. The van der Waals surface area contributed by atoms with Gasteiger partial charge in [0.25, 0.3) is 0 Å². The van der Waals surface area contributed by atoms with Gasteiger partial charge in [-0.1, -0.05) is 0 Å². The lowest BCUT2D eigenvalue weighted by Gasteiger charge is -2.26. The first kappa shape index (κ1) is 14.8. The molecule has 116 valence electrons. The van der Waals surface area contributed by atoms with Crippen molar-refractivity contribution in [1.29, 1.82) is 0 Å². The molecule has 1 saturated carbocycles. The number of halogens is 1. The minimum absolute atomic E-state index is 0.230. The van der Waals surface area contributed by atoms with Gasteiger partial charge in [0.05, 0.1) is 13.2 Å². The van der Waals surface area contributed by atoms with E-state index < -0.39 is 0 Å². The van der Waals surface area contributed by atoms with Crippen LogP contribution in [0.5, 0.6) is 5.75 Å². The summed E-state index contributed by atoms with van der Waals surface area (Å²) in [6, 6.07) is 5.58. The molecule has 0 radical (unpaired) electrons. The lowest BCUT2D eigenvalue weighted by atomic mass is 10.2. The molecule has 1 heterocycles. The van der Waals surface area contributed by atoms with Crippen LogP contribution in [0.3, 0.4) is 0 Å². The number of nitrogens with one attached hydrogen (secondary N) is 1. The molecule has 1 aliphatic heterocycles. The summed E-state index contributed by atoms with van der Waals surface area (Å²) >= 11 is 0. The average molecular weight is 294 g/mol. The molecule has 4 nitrogen and oxygen atoms in total. The van der Waals surface area contributed by atoms with Crippen LogP contribution in [-0.4, -0.2) is 50.4 Å². The van der Waals surface area contributed by atoms with Crippen LogP contribution in [0.1, 0.15) is 18.4 Å². The lowest BCUT2D eigenvalue weighted by molar-refractivity contribution is 0.0322. The Labute approximate surface area is 125 Å². The summed E-state index contributed by atoms with van der Waals surface area (Å²) in [5.41, 5.74) is 0.947. The summed E-state index contributed by atoms with van der Waals surface area (Å²) in [5, 5.41) is 3.39. The molecule has 1 aromatic rings. The molecule has 21 heavy (non-hydrogen) atoms. The lowest BCUT2D eigenvalue weighted by Crippen LogP contribution is -2.38. The first-order valence-corrected chi connectivity index (χ1v) is 7.75. The maximum absolute atomic E-state index is 13.6. The van der Waals surface area contributed by atoms with E-state index >= 15 is 0 Å². The van der Waals surface area contributed by atoms with Crippen molar-refractivity contribution in [2.24, 2.45) is 0 Å². The Balaban J connectivity index is 1.46. The van der Waals surface area contributed by atoms with Gasteiger partial charge in [0.15, 0.2) is 0 Å². The fourth-order valence-corrected chi connectivity index (χ4v) is 2.47. The zero-order valence-corrected chi connectivity index (χ0v) is 12.3. The molecule has 0 bridgehead atoms. The van der Waals surface area contributed by atoms with Crippen LogP contribution in [0.25, 0.3) is 0 Å². The third kappa shape index (κ3) is 4.95. The smallest absolute Gasteiger partial charge is 0.127 e.